The SMILES string of the molecule is CN=C(NCCNc1ccc2ccccc2n1)Nc1ccc2c(c1)OCCCO2.I. The molecule has 0 bridgehead atoms. The smallest absolute Gasteiger partial charge is 0.195 e. The van der Waals surface area contributed by atoms with E-state index in [4.69, 9.17) is 9.47 Å². The summed E-state index contributed by atoms with van der Waals surface area (Å²) in [5.41, 5.74) is 1.88. The van der Waals surface area contributed by atoms with Crippen LogP contribution in [0.1, 0.15) is 6.42 Å². The summed E-state index contributed by atoms with van der Waals surface area (Å²) < 4.78 is 11.4. The van der Waals surface area contributed by atoms with E-state index in [1.54, 1.807) is 7.05 Å². The number of aliphatic imine (C=N–C) groups is 1. The average Bonchev–Trinajstić information content (AvgIpc) is 3.00. The first kappa shape index (κ1) is 21.9. The third-order valence-corrected chi connectivity index (χ3v) is 4.56. The first-order chi connectivity index (χ1) is 14.3. The second-order valence-electron chi connectivity index (χ2n) is 6.65. The van der Waals surface area contributed by atoms with Gasteiger partial charge >= 0.3 is 0 Å². The van der Waals surface area contributed by atoms with Crippen LogP contribution in [0.3, 0.4) is 0 Å². The summed E-state index contributed by atoms with van der Waals surface area (Å²) in [7, 11) is 1.75. The molecule has 0 unspecified atom stereocenters. The van der Waals surface area contributed by atoms with Gasteiger partial charge in [0, 0.05) is 43.7 Å². The molecule has 0 aliphatic carbocycles. The summed E-state index contributed by atoms with van der Waals surface area (Å²) in [6.07, 6.45) is 0.889. The predicted molar refractivity (Wildman–Crippen MR) is 133 cm³/mol. The van der Waals surface area contributed by atoms with Gasteiger partial charge in [0.25, 0.3) is 0 Å². The van der Waals surface area contributed by atoms with Crippen molar-refractivity contribution in [1.29, 1.82) is 0 Å². The van der Waals surface area contributed by atoms with Crippen molar-refractivity contribution in [2.45, 2.75) is 6.42 Å². The van der Waals surface area contributed by atoms with E-state index in [2.05, 4.69) is 38.1 Å². The number of rotatable bonds is 5. The average molecular weight is 519 g/mol. The molecule has 0 spiro atoms. The molecule has 0 fully saturated rings. The highest BCUT2D eigenvalue weighted by Gasteiger charge is 2.11. The van der Waals surface area contributed by atoms with E-state index in [1.807, 2.05) is 42.5 Å². The lowest BCUT2D eigenvalue weighted by Crippen LogP contribution is -2.34. The zero-order valence-electron chi connectivity index (χ0n) is 16.9. The predicted octanol–water partition coefficient (Wildman–Crippen LogP) is 4.11. The highest BCUT2D eigenvalue weighted by molar-refractivity contribution is 14.0. The summed E-state index contributed by atoms with van der Waals surface area (Å²) in [5, 5.41) is 11.0. The second-order valence-corrected chi connectivity index (χ2v) is 6.65. The number of pyridine rings is 1. The fourth-order valence-electron chi connectivity index (χ4n) is 3.09. The second kappa shape index (κ2) is 10.9. The van der Waals surface area contributed by atoms with Gasteiger partial charge in [-0.2, -0.15) is 0 Å². The molecule has 158 valence electrons. The van der Waals surface area contributed by atoms with Gasteiger partial charge in [-0.15, -0.1) is 24.0 Å². The molecular weight excluding hydrogens is 493 g/mol. The first-order valence-electron chi connectivity index (χ1n) is 9.79. The lowest BCUT2D eigenvalue weighted by molar-refractivity contribution is 0.297. The number of nitrogens with zero attached hydrogens (tertiary/aromatic N) is 2. The Bertz CT molecular complexity index is 1010. The van der Waals surface area contributed by atoms with Gasteiger partial charge in [0.1, 0.15) is 5.82 Å². The molecule has 3 aromatic rings. The molecule has 0 atom stereocenters. The summed E-state index contributed by atoms with van der Waals surface area (Å²) in [6, 6.07) is 18.0. The van der Waals surface area contributed by atoms with E-state index in [-0.39, 0.29) is 24.0 Å². The minimum atomic E-state index is 0. The number of hydrogen-bond acceptors (Lipinski definition) is 5. The van der Waals surface area contributed by atoms with Crippen molar-refractivity contribution in [2.75, 3.05) is 44.0 Å². The molecule has 7 nitrogen and oxygen atoms in total. The van der Waals surface area contributed by atoms with Gasteiger partial charge in [-0.05, 0) is 30.3 Å². The van der Waals surface area contributed by atoms with Crippen molar-refractivity contribution in [3.05, 3.63) is 54.6 Å². The number of anilines is 2. The van der Waals surface area contributed by atoms with Crippen molar-refractivity contribution in [2.24, 2.45) is 4.99 Å². The molecule has 0 amide bonds. The highest BCUT2D eigenvalue weighted by atomic mass is 127. The molecule has 0 radical (unpaired) electrons. The van der Waals surface area contributed by atoms with Gasteiger partial charge in [0.2, 0.25) is 0 Å². The maximum absolute atomic E-state index is 5.74. The quantitative estimate of drug-likeness (QED) is 0.204. The van der Waals surface area contributed by atoms with E-state index >= 15 is 0 Å². The number of ether oxygens (including phenoxy) is 2. The number of para-hydroxylation sites is 1. The summed E-state index contributed by atoms with van der Waals surface area (Å²) in [4.78, 5) is 8.90. The third-order valence-electron chi connectivity index (χ3n) is 4.56. The maximum atomic E-state index is 5.74. The number of hydrogen-bond donors (Lipinski definition) is 3. The standard InChI is InChI=1S/C22H25N5O2.HI/c1-23-22(26-17-8-9-19-20(15-17)29-14-4-13-28-19)25-12-11-24-21-10-7-16-5-2-3-6-18(16)27-21;/h2-3,5-10,15H,4,11-14H2,1H3,(H,24,27)(H2,23,25,26);1H. The highest BCUT2D eigenvalue weighted by Crippen LogP contribution is 2.32. The van der Waals surface area contributed by atoms with Gasteiger partial charge in [-0.1, -0.05) is 18.2 Å². The van der Waals surface area contributed by atoms with Gasteiger partial charge in [0.15, 0.2) is 17.5 Å². The van der Waals surface area contributed by atoms with E-state index in [1.165, 1.54) is 0 Å². The minimum absolute atomic E-state index is 0. The number of fused-ring (bicyclic) bond motifs is 2. The largest absolute Gasteiger partial charge is 0.490 e. The van der Waals surface area contributed by atoms with Gasteiger partial charge in [0.05, 0.1) is 18.7 Å². The normalized spacial score (nSPS) is 13.2. The van der Waals surface area contributed by atoms with Crippen molar-refractivity contribution in [1.82, 2.24) is 10.3 Å². The molecule has 0 saturated heterocycles. The molecule has 2 heterocycles. The van der Waals surface area contributed by atoms with E-state index in [0.29, 0.717) is 32.3 Å². The fraction of sp³-hybridized carbons (Fsp3) is 0.273. The Morgan fingerprint density at radius 1 is 1.00 bits per heavy atom. The zero-order valence-corrected chi connectivity index (χ0v) is 19.2. The maximum Gasteiger partial charge on any atom is 0.195 e. The number of benzene rings is 2. The summed E-state index contributed by atoms with van der Waals surface area (Å²) in [6.45, 7) is 2.76. The molecule has 8 heteroatoms. The third kappa shape index (κ3) is 5.65. The van der Waals surface area contributed by atoms with E-state index in [0.717, 1.165) is 40.3 Å². The Balaban J connectivity index is 0.00000256. The van der Waals surface area contributed by atoms with Gasteiger partial charge in [-0.3, -0.25) is 4.99 Å². The van der Waals surface area contributed by atoms with E-state index < -0.39 is 0 Å². The summed E-state index contributed by atoms with van der Waals surface area (Å²) >= 11 is 0. The fourth-order valence-corrected chi connectivity index (χ4v) is 3.09. The minimum Gasteiger partial charge on any atom is -0.490 e. The molecule has 2 aromatic carbocycles. The Morgan fingerprint density at radius 2 is 1.83 bits per heavy atom. The van der Waals surface area contributed by atoms with Crippen LogP contribution in [0.5, 0.6) is 11.5 Å². The molecular formula is C22H26IN5O2. The monoisotopic (exact) mass is 519 g/mol. The number of guanidine groups is 1. The molecule has 3 N–H and O–H groups in total. The Kier molecular flexibility index (Phi) is 7.95. The lowest BCUT2D eigenvalue weighted by atomic mass is 10.2. The van der Waals surface area contributed by atoms with E-state index in [9.17, 15) is 0 Å². The van der Waals surface area contributed by atoms with Gasteiger partial charge < -0.3 is 25.4 Å². The van der Waals surface area contributed by atoms with Crippen LogP contribution in [0, 0.1) is 0 Å². The Morgan fingerprint density at radius 3 is 2.70 bits per heavy atom. The van der Waals surface area contributed by atoms with Crippen LogP contribution in [-0.4, -0.2) is 44.3 Å². The summed E-state index contributed by atoms with van der Waals surface area (Å²) in [5.74, 6) is 3.08. The van der Waals surface area contributed by atoms with Gasteiger partial charge in [-0.25, -0.2) is 4.98 Å². The number of nitrogens with one attached hydrogen (secondary N) is 3. The molecule has 1 aliphatic rings. The molecule has 4 rings (SSSR count). The van der Waals surface area contributed by atoms with Crippen LogP contribution in [0.25, 0.3) is 10.9 Å². The number of halogens is 1. The van der Waals surface area contributed by atoms with Crippen LogP contribution >= 0.6 is 24.0 Å². The first-order valence-corrected chi connectivity index (χ1v) is 9.79. The molecule has 30 heavy (non-hydrogen) atoms. The van der Waals surface area contributed by atoms with Crippen LogP contribution in [0.15, 0.2) is 59.6 Å². The number of aromatic nitrogens is 1. The van der Waals surface area contributed by atoms with Crippen molar-refractivity contribution < 1.29 is 9.47 Å². The van der Waals surface area contributed by atoms with Crippen molar-refractivity contribution in [3.8, 4) is 11.5 Å². The Labute approximate surface area is 193 Å². The molecule has 1 aliphatic heterocycles. The molecule has 0 saturated carbocycles. The Hall–Kier alpha value is -2.75. The topological polar surface area (TPSA) is 79.8 Å². The molecule has 1 aromatic heterocycles. The lowest BCUT2D eigenvalue weighted by Gasteiger charge is -2.14. The van der Waals surface area contributed by atoms with Crippen LogP contribution in [0.4, 0.5) is 11.5 Å². The van der Waals surface area contributed by atoms with Crippen LogP contribution in [0.2, 0.25) is 0 Å². The van der Waals surface area contributed by atoms with Crippen LogP contribution < -0.4 is 25.4 Å². The van der Waals surface area contributed by atoms with Crippen molar-refractivity contribution in [3.63, 3.8) is 0 Å². The zero-order chi connectivity index (χ0) is 19.9. The van der Waals surface area contributed by atoms with Crippen molar-refractivity contribution >= 4 is 52.3 Å². The van der Waals surface area contributed by atoms with Crippen LogP contribution in [-0.2, 0) is 0 Å².